The quantitative estimate of drug-likeness (QED) is 0.156. The molecule has 2 aromatic heterocycles. The zero-order chi connectivity index (χ0) is 37.3. The van der Waals surface area contributed by atoms with Gasteiger partial charge < -0.3 is 4.57 Å². The number of hydrogen-bond acceptors (Lipinski definition) is 3. The van der Waals surface area contributed by atoms with E-state index in [9.17, 15) is 0 Å². The van der Waals surface area contributed by atoms with Crippen molar-refractivity contribution in [2.24, 2.45) is 0 Å². The lowest BCUT2D eigenvalue weighted by atomic mass is 10.1. The standard InChI is InChI=1S/C51H36N4S/c1-6-19-37(20-7-1)49-52-50(38-21-8-2-9-22-38)54-51(53-49)39-23-18-30-43(35-39)56(41-26-12-4-13-27-41,42-28-14-5-15-29-42)44-33-34-46-45-31-16-17-32-47(45)55(48(46)36-44)40-24-10-3-11-25-40/h1-36H. The second-order valence-corrected chi connectivity index (χ2v) is 16.8. The molecule has 0 bridgehead atoms. The van der Waals surface area contributed by atoms with E-state index in [4.69, 9.17) is 15.0 Å². The number of para-hydroxylation sites is 2. The fourth-order valence-electron chi connectivity index (χ4n) is 7.83. The highest BCUT2D eigenvalue weighted by Crippen LogP contribution is 2.73. The number of hydrogen-bond donors (Lipinski definition) is 0. The second-order valence-electron chi connectivity index (χ2n) is 13.7. The molecule has 0 radical (unpaired) electrons. The highest BCUT2D eigenvalue weighted by molar-refractivity contribution is 8.34. The van der Waals surface area contributed by atoms with E-state index in [1.54, 1.807) is 0 Å². The molecule has 0 saturated carbocycles. The number of fused-ring (bicyclic) bond motifs is 3. The van der Waals surface area contributed by atoms with E-state index in [0.29, 0.717) is 17.5 Å². The molecule has 266 valence electrons. The maximum absolute atomic E-state index is 5.13. The molecule has 0 unspecified atom stereocenters. The SMILES string of the molecule is c1ccc(-c2nc(-c3ccccc3)nc(-c3cccc(S(c4ccccc4)(c4ccccc4)c4ccc5c6ccccc6n(-c6ccccc6)c5c4)c3)n2)cc1. The second kappa shape index (κ2) is 14.3. The Morgan fingerprint density at radius 1 is 0.304 bits per heavy atom. The van der Waals surface area contributed by atoms with Crippen molar-refractivity contribution in [3.05, 3.63) is 218 Å². The highest BCUT2D eigenvalue weighted by Gasteiger charge is 2.34. The minimum Gasteiger partial charge on any atom is -0.309 e. The van der Waals surface area contributed by atoms with Crippen molar-refractivity contribution in [2.45, 2.75) is 19.6 Å². The number of aromatic nitrogens is 4. The molecule has 10 aromatic rings. The lowest BCUT2D eigenvalue weighted by Crippen LogP contribution is -2.06. The van der Waals surface area contributed by atoms with Crippen molar-refractivity contribution in [1.82, 2.24) is 19.5 Å². The van der Waals surface area contributed by atoms with Crippen LogP contribution in [0.4, 0.5) is 0 Å². The van der Waals surface area contributed by atoms with E-state index in [1.165, 1.54) is 41.4 Å². The molecule has 5 heteroatoms. The molecule has 4 nitrogen and oxygen atoms in total. The van der Waals surface area contributed by atoms with Crippen LogP contribution >= 0.6 is 10.0 Å². The molecular weight excluding hydrogens is 701 g/mol. The molecule has 0 atom stereocenters. The third-order valence-corrected chi connectivity index (χ3v) is 14.2. The minimum atomic E-state index is -2.08. The smallest absolute Gasteiger partial charge is 0.164 e. The van der Waals surface area contributed by atoms with Gasteiger partial charge in [-0.25, -0.2) is 15.0 Å². The first kappa shape index (κ1) is 33.5. The van der Waals surface area contributed by atoms with E-state index < -0.39 is 10.0 Å². The van der Waals surface area contributed by atoms with Gasteiger partial charge in [-0.1, -0.05) is 152 Å². The number of nitrogens with zero attached hydrogens (tertiary/aromatic N) is 4. The van der Waals surface area contributed by atoms with Gasteiger partial charge in [-0.2, -0.15) is 0 Å². The lowest BCUT2D eigenvalue weighted by molar-refractivity contribution is 1.07. The summed E-state index contributed by atoms with van der Waals surface area (Å²) in [6, 6.07) is 77.7. The van der Waals surface area contributed by atoms with Crippen molar-refractivity contribution < 1.29 is 0 Å². The summed E-state index contributed by atoms with van der Waals surface area (Å²) in [5, 5.41) is 2.46. The van der Waals surface area contributed by atoms with Gasteiger partial charge in [0.1, 0.15) is 0 Å². The van der Waals surface area contributed by atoms with E-state index in [2.05, 4.69) is 187 Å². The Morgan fingerprint density at radius 3 is 1.32 bits per heavy atom. The average Bonchev–Trinajstić information content (AvgIpc) is 3.62. The fourth-order valence-corrected chi connectivity index (χ4v) is 11.7. The lowest BCUT2D eigenvalue weighted by Gasteiger charge is -2.42. The fraction of sp³-hybridized carbons (Fsp3) is 0. The summed E-state index contributed by atoms with van der Waals surface area (Å²) < 4.78 is 2.41. The van der Waals surface area contributed by atoms with Crippen LogP contribution < -0.4 is 0 Å². The highest BCUT2D eigenvalue weighted by atomic mass is 32.3. The molecular formula is C51H36N4S. The maximum Gasteiger partial charge on any atom is 0.164 e. The van der Waals surface area contributed by atoms with Crippen LogP contribution in [0.2, 0.25) is 0 Å². The largest absolute Gasteiger partial charge is 0.309 e. The van der Waals surface area contributed by atoms with Crippen LogP contribution in [-0.2, 0) is 0 Å². The number of benzene rings is 8. The average molecular weight is 737 g/mol. The Kier molecular flexibility index (Phi) is 8.55. The first-order valence-corrected chi connectivity index (χ1v) is 20.4. The van der Waals surface area contributed by atoms with Gasteiger partial charge in [-0.15, -0.1) is 10.0 Å². The first-order valence-electron chi connectivity index (χ1n) is 18.8. The normalized spacial score (nSPS) is 11.9. The van der Waals surface area contributed by atoms with Gasteiger partial charge >= 0.3 is 0 Å². The van der Waals surface area contributed by atoms with Gasteiger partial charge in [0.25, 0.3) is 0 Å². The van der Waals surface area contributed by atoms with Crippen LogP contribution in [-0.4, -0.2) is 19.5 Å². The zero-order valence-corrected chi connectivity index (χ0v) is 31.3. The number of rotatable bonds is 8. The van der Waals surface area contributed by atoms with Crippen LogP contribution in [0, 0.1) is 0 Å². The summed E-state index contributed by atoms with van der Waals surface area (Å²) in [5.74, 6) is 1.92. The predicted octanol–water partition coefficient (Wildman–Crippen LogP) is 13.3. The van der Waals surface area contributed by atoms with Gasteiger partial charge in [0, 0.05) is 52.7 Å². The summed E-state index contributed by atoms with van der Waals surface area (Å²) in [6.45, 7) is 0. The monoisotopic (exact) mass is 736 g/mol. The van der Waals surface area contributed by atoms with Crippen LogP contribution in [0.1, 0.15) is 0 Å². The summed E-state index contributed by atoms with van der Waals surface area (Å²) in [5.41, 5.74) is 6.32. The van der Waals surface area contributed by atoms with Gasteiger partial charge in [0.2, 0.25) is 0 Å². The Hall–Kier alpha value is -7.08. The van der Waals surface area contributed by atoms with Crippen molar-refractivity contribution in [3.63, 3.8) is 0 Å². The molecule has 2 heterocycles. The molecule has 0 aliphatic rings. The van der Waals surface area contributed by atoms with Crippen LogP contribution in [0.15, 0.2) is 238 Å². The van der Waals surface area contributed by atoms with Crippen LogP contribution in [0.5, 0.6) is 0 Å². The molecule has 0 fully saturated rings. The molecule has 8 aromatic carbocycles. The molecule has 56 heavy (non-hydrogen) atoms. The Bertz CT molecular complexity index is 2850. The summed E-state index contributed by atoms with van der Waals surface area (Å²) in [7, 11) is -2.08. The van der Waals surface area contributed by atoms with Gasteiger partial charge in [-0.05, 0) is 66.7 Å². The van der Waals surface area contributed by atoms with Crippen molar-refractivity contribution in [2.75, 3.05) is 0 Å². The molecule has 0 aliphatic heterocycles. The molecule has 0 spiro atoms. The Morgan fingerprint density at radius 2 is 0.732 bits per heavy atom. The van der Waals surface area contributed by atoms with Crippen molar-refractivity contribution in [1.29, 1.82) is 0 Å². The molecule has 0 aliphatic carbocycles. The predicted molar refractivity (Wildman–Crippen MR) is 230 cm³/mol. The molecule has 10 rings (SSSR count). The van der Waals surface area contributed by atoms with E-state index in [0.717, 1.165) is 22.4 Å². The molecule has 0 N–H and O–H groups in total. The Labute approximate surface area is 327 Å². The third-order valence-electron chi connectivity index (χ3n) is 10.4. The van der Waals surface area contributed by atoms with Gasteiger partial charge in [0.15, 0.2) is 17.5 Å². The van der Waals surface area contributed by atoms with Gasteiger partial charge in [-0.3, -0.25) is 0 Å². The van der Waals surface area contributed by atoms with E-state index in [-0.39, 0.29) is 0 Å². The maximum atomic E-state index is 5.13. The topological polar surface area (TPSA) is 43.6 Å². The first-order chi connectivity index (χ1) is 27.8. The third kappa shape index (κ3) is 5.77. The van der Waals surface area contributed by atoms with Gasteiger partial charge in [0.05, 0.1) is 11.0 Å². The minimum absolute atomic E-state index is 0.633. The van der Waals surface area contributed by atoms with Crippen LogP contribution in [0.25, 0.3) is 61.7 Å². The van der Waals surface area contributed by atoms with Crippen LogP contribution in [0.3, 0.4) is 0 Å². The van der Waals surface area contributed by atoms with E-state index in [1.807, 2.05) is 36.4 Å². The van der Waals surface area contributed by atoms with Crippen molar-refractivity contribution >= 4 is 31.8 Å². The molecule has 0 amide bonds. The summed E-state index contributed by atoms with van der Waals surface area (Å²) in [6.07, 6.45) is 0. The van der Waals surface area contributed by atoms with Crippen molar-refractivity contribution in [3.8, 4) is 39.9 Å². The zero-order valence-electron chi connectivity index (χ0n) is 30.5. The van der Waals surface area contributed by atoms with E-state index >= 15 is 0 Å². The Balaban J connectivity index is 1.26. The summed E-state index contributed by atoms with van der Waals surface area (Å²) in [4.78, 5) is 20.2. The molecule has 0 saturated heterocycles. The summed E-state index contributed by atoms with van der Waals surface area (Å²) >= 11 is 0.